The van der Waals surface area contributed by atoms with Crippen molar-refractivity contribution in [1.82, 2.24) is 4.90 Å². The number of ether oxygens (including phenoxy) is 1. The highest BCUT2D eigenvalue weighted by Crippen LogP contribution is 2.11. The van der Waals surface area contributed by atoms with Crippen LogP contribution < -0.4 is 0 Å². The predicted molar refractivity (Wildman–Crippen MR) is 58.9 cm³/mol. The average Bonchev–Trinajstić information content (AvgIpc) is 2.09. The van der Waals surface area contributed by atoms with E-state index >= 15 is 0 Å². The number of hydrogen-bond donors (Lipinski definition) is 0. The molecular weight excluding hydrogens is 214 g/mol. The highest BCUT2D eigenvalue weighted by molar-refractivity contribution is 5.82. The molecule has 16 heavy (non-hydrogen) atoms. The van der Waals surface area contributed by atoms with Gasteiger partial charge in [-0.1, -0.05) is 0 Å². The molecule has 7 heteroatoms. The van der Waals surface area contributed by atoms with Crippen LogP contribution in [0.1, 0.15) is 27.7 Å². The van der Waals surface area contributed by atoms with Crippen LogP contribution >= 0.6 is 0 Å². The Bertz CT molecular complexity index is 296. The minimum atomic E-state index is -1.21. The lowest BCUT2D eigenvalue weighted by atomic mass is 10.2. The first-order valence-electron chi connectivity index (χ1n) is 4.76. The summed E-state index contributed by atoms with van der Waals surface area (Å²) in [5.74, 6) is 0. The molecule has 0 aromatic carbocycles. The van der Waals surface area contributed by atoms with Crippen LogP contribution in [0.15, 0.2) is 4.99 Å². The van der Waals surface area contributed by atoms with Gasteiger partial charge in [-0.25, -0.2) is 9.69 Å². The van der Waals surface area contributed by atoms with Crippen LogP contribution in [0.4, 0.5) is 4.79 Å². The lowest BCUT2D eigenvalue weighted by molar-refractivity contribution is -0.536. The third kappa shape index (κ3) is 4.72. The van der Waals surface area contributed by atoms with Gasteiger partial charge in [-0.15, -0.1) is 0 Å². The first-order chi connectivity index (χ1) is 7.19. The maximum Gasteiger partial charge on any atom is 0.420 e. The van der Waals surface area contributed by atoms with Crippen LogP contribution in [-0.4, -0.2) is 41.1 Å². The Kier molecular flexibility index (Phi) is 4.87. The number of carbonyl (C=O) groups excluding carboxylic acids is 1. The third-order valence-corrected chi connectivity index (χ3v) is 1.55. The molecule has 0 saturated carbocycles. The monoisotopic (exact) mass is 231 g/mol. The third-order valence-electron chi connectivity index (χ3n) is 1.55. The maximum atomic E-state index is 11.6. The molecule has 1 amide bonds. The second kappa shape index (κ2) is 5.43. The van der Waals surface area contributed by atoms with Crippen LogP contribution in [0.3, 0.4) is 0 Å². The van der Waals surface area contributed by atoms with Gasteiger partial charge in [0.1, 0.15) is 11.9 Å². The lowest BCUT2D eigenvalue weighted by Crippen LogP contribution is -2.44. The fraction of sp³-hybridized carbons (Fsp3) is 0.778. The van der Waals surface area contributed by atoms with Crippen molar-refractivity contribution in [2.75, 3.05) is 7.05 Å². The van der Waals surface area contributed by atoms with Gasteiger partial charge in [0.15, 0.2) is 0 Å². The minimum absolute atomic E-state index is 0.592. The quantitative estimate of drug-likeness (QED) is 0.242. The normalized spacial score (nSPS) is 13.6. The Morgan fingerprint density at radius 1 is 1.56 bits per heavy atom. The van der Waals surface area contributed by atoms with Gasteiger partial charge < -0.3 is 4.74 Å². The first kappa shape index (κ1) is 14.3. The van der Waals surface area contributed by atoms with E-state index in [1.807, 2.05) is 0 Å². The van der Waals surface area contributed by atoms with Crippen molar-refractivity contribution in [2.45, 2.75) is 39.5 Å². The van der Waals surface area contributed by atoms with Crippen molar-refractivity contribution in [2.24, 2.45) is 4.99 Å². The van der Waals surface area contributed by atoms with Crippen molar-refractivity contribution in [3.05, 3.63) is 10.1 Å². The van der Waals surface area contributed by atoms with E-state index in [-0.39, 0.29) is 0 Å². The summed E-state index contributed by atoms with van der Waals surface area (Å²) in [5.41, 5.74) is -0.701. The molecule has 0 bridgehead atoms. The largest absolute Gasteiger partial charge is 0.443 e. The van der Waals surface area contributed by atoms with E-state index < -0.39 is 22.8 Å². The van der Waals surface area contributed by atoms with E-state index in [9.17, 15) is 14.9 Å². The summed E-state index contributed by atoms with van der Waals surface area (Å²) in [6, 6.07) is 0. The Morgan fingerprint density at radius 3 is 2.38 bits per heavy atom. The van der Waals surface area contributed by atoms with Crippen LogP contribution in [0.5, 0.6) is 0 Å². The van der Waals surface area contributed by atoms with E-state index in [2.05, 4.69) is 4.99 Å². The van der Waals surface area contributed by atoms with Crippen LogP contribution in [0.25, 0.3) is 0 Å². The zero-order chi connectivity index (χ0) is 12.9. The van der Waals surface area contributed by atoms with Gasteiger partial charge in [-0.3, -0.25) is 15.1 Å². The number of aliphatic imine (C=N–C) groups is 1. The number of hydrogen-bond acceptors (Lipinski definition) is 5. The van der Waals surface area contributed by atoms with Crippen molar-refractivity contribution >= 4 is 12.4 Å². The number of nitro groups is 1. The summed E-state index contributed by atoms with van der Waals surface area (Å²) in [4.78, 5) is 26.0. The Hall–Kier alpha value is -1.66. The number of amides is 1. The molecule has 0 radical (unpaired) electrons. The Morgan fingerprint density at radius 2 is 2.06 bits per heavy atom. The zero-order valence-electron chi connectivity index (χ0n) is 10.1. The second-order valence-corrected chi connectivity index (χ2v) is 4.18. The minimum Gasteiger partial charge on any atom is -0.443 e. The Balaban J connectivity index is 4.79. The van der Waals surface area contributed by atoms with Crippen molar-refractivity contribution < 1.29 is 14.5 Å². The van der Waals surface area contributed by atoms with E-state index in [1.54, 1.807) is 20.8 Å². The topological polar surface area (TPSA) is 85.0 Å². The molecule has 0 rings (SSSR count). The molecule has 0 aromatic heterocycles. The van der Waals surface area contributed by atoms with Crippen molar-refractivity contribution in [3.63, 3.8) is 0 Å². The highest BCUT2D eigenvalue weighted by atomic mass is 16.6. The molecule has 1 unspecified atom stereocenters. The summed E-state index contributed by atoms with van der Waals surface area (Å²) >= 11 is 0. The zero-order valence-corrected chi connectivity index (χ0v) is 10.1. The van der Waals surface area contributed by atoms with Gasteiger partial charge in [0.2, 0.25) is 0 Å². The number of rotatable bonds is 3. The summed E-state index contributed by atoms with van der Waals surface area (Å²) in [7, 11) is 1.42. The molecule has 0 N–H and O–H groups in total. The van der Waals surface area contributed by atoms with Crippen molar-refractivity contribution in [1.29, 1.82) is 0 Å². The number of nitrogens with zero attached hydrogens (tertiary/aromatic N) is 3. The molecule has 0 aliphatic heterocycles. The van der Waals surface area contributed by atoms with Gasteiger partial charge in [0.25, 0.3) is 6.17 Å². The van der Waals surface area contributed by atoms with Gasteiger partial charge in [0, 0.05) is 18.9 Å². The molecule has 0 spiro atoms. The van der Waals surface area contributed by atoms with Gasteiger partial charge in [-0.05, 0) is 20.8 Å². The van der Waals surface area contributed by atoms with Crippen LogP contribution in [0.2, 0.25) is 0 Å². The van der Waals surface area contributed by atoms with E-state index in [4.69, 9.17) is 4.74 Å². The molecule has 0 heterocycles. The molecule has 0 saturated heterocycles. The summed E-state index contributed by atoms with van der Waals surface area (Å²) in [6.45, 7) is 6.33. The number of carbonyl (C=O) groups is 1. The average molecular weight is 231 g/mol. The molecule has 92 valence electrons. The standard InChI is InChI=1S/C9H17N3O4/c1-7(12(14)15)11(6-10-5)8(13)16-9(2,3)4/h6-7H,1-5H3/b10-6-. The van der Waals surface area contributed by atoms with Crippen molar-refractivity contribution in [3.8, 4) is 0 Å². The van der Waals surface area contributed by atoms with Crippen LogP contribution in [-0.2, 0) is 4.74 Å². The van der Waals surface area contributed by atoms with Gasteiger partial charge in [-0.2, -0.15) is 0 Å². The van der Waals surface area contributed by atoms with E-state index in [0.717, 1.165) is 11.2 Å². The molecule has 0 aromatic rings. The van der Waals surface area contributed by atoms with Crippen LogP contribution in [0, 0.1) is 10.1 Å². The predicted octanol–water partition coefficient (Wildman–Crippen LogP) is 1.50. The molecular formula is C9H17N3O4. The van der Waals surface area contributed by atoms with Gasteiger partial charge >= 0.3 is 6.09 Å². The molecule has 0 fully saturated rings. The molecule has 0 aliphatic rings. The maximum absolute atomic E-state index is 11.6. The summed E-state index contributed by atoms with van der Waals surface area (Å²) < 4.78 is 5.02. The fourth-order valence-corrected chi connectivity index (χ4v) is 0.837. The van der Waals surface area contributed by atoms with E-state index in [0.29, 0.717) is 0 Å². The molecule has 0 aliphatic carbocycles. The Labute approximate surface area is 94.2 Å². The summed E-state index contributed by atoms with van der Waals surface area (Å²) in [5, 5.41) is 10.6. The fourth-order valence-electron chi connectivity index (χ4n) is 0.837. The molecule has 1 atom stereocenters. The SMILES string of the molecule is C/N=C\N(C(=O)OC(C)(C)C)C(C)[N+](=O)[O-]. The lowest BCUT2D eigenvalue weighted by Gasteiger charge is -2.24. The van der Waals surface area contributed by atoms with Gasteiger partial charge in [0.05, 0.1) is 0 Å². The highest BCUT2D eigenvalue weighted by Gasteiger charge is 2.30. The second-order valence-electron chi connectivity index (χ2n) is 4.18. The molecule has 7 nitrogen and oxygen atoms in total. The first-order valence-corrected chi connectivity index (χ1v) is 4.76. The van der Waals surface area contributed by atoms with E-state index in [1.165, 1.54) is 14.0 Å². The summed E-state index contributed by atoms with van der Waals surface area (Å²) in [6.07, 6.45) is -0.914. The smallest absolute Gasteiger partial charge is 0.420 e.